The summed E-state index contributed by atoms with van der Waals surface area (Å²) in [6, 6.07) is 5.05. The highest BCUT2D eigenvalue weighted by Gasteiger charge is 2.14. The fourth-order valence-corrected chi connectivity index (χ4v) is 2.67. The summed E-state index contributed by atoms with van der Waals surface area (Å²) in [4.78, 5) is 15.2. The predicted molar refractivity (Wildman–Crippen MR) is 73.5 cm³/mol. The van der Waals surface area contributed by atoms with Gasteiger partial charge >= 0.3 is 5.76 Å². The largest absolute Gasteiger partial charge is 0.439 e. The molecule has 0 radical (unpaired) electrons. The van der Waals surface area contributed by atoms with E-state index in [1.165, 1.54) is 0 Å². The number of hydrogen-bond donors (Lipinski definition) is 0. The van der Waals surface area contributed by atoms with Crippen molar-refractivity contribution in [1.82, 2.24) is 4.98 Å². The molecule has 0 atom stereocenters. The molecular weight excluding hydrogens is 266 g/mol. The topological polar surface area (TPSA) is 77.2 Å². The fraction of sp³-hybridized carbons (Fsp3) is 0.231. The molecule has 0 aliphatic heterocycles. The molecule has 1 heterocycles. The number of fused-ring (bicyclic) bond motifs is 1. The second-order valence-electron chi connectivity index (χ2n) is 4.47. The van der Waals surface area contributed by atoms with Crippen molar-refractivity contribution in [2.24, 2.45) is 0 Å². The van der Waals surface area contributed by atoms with Gasteiger partial charge in [-0.05, 0) is 18.6 Å². The number of rotatable bonds is 3. The first-order valence-electron chi connectivity index (χ1n) is 5.54. The Hall–Kier alpha value is -1.95. The summed E-state index contributed by atoms with van der Waals surface area (Å²) in [5.41, 5.74) is 1.75. The summed E-state index contributed by atoms with van der Waals surface area (Å²) < 4.78 is 27.8. The number of hydrogen-bond acceptors (Lipinski definition) is 5. The number of benzene rings is 1. The first kappa shape index (κ1) is 13.5. The van der Waals surface area contributed by atoms with Crippen molar-refractivity contribution in [2.75, 3.05) is 6.26 Å². The predicted octanol–water partition coefficient (Wildman–Crippen LogP) is 1.77. The Balaban J connectivity index is 2.83. The third kappa shape index (κ3) is 2.90. The minimum atomic E-state index is -3.22. The van der Waals surface area contributed by atoms with E-state index in [0.29, 0.717) is 22.2 Å². The average Bonchev–Trinajstić information content (AvgIpc) is 2.27. The molecular formula is C13H13NO4S. The van der Waals surface area contributed by atoms with E-state index in [1.54, 1.807) is 25.1 Å². The fourth-order valence-electron chi connectivity index (χ4n) is 1.87. The Morgan fingerprint density at radius 3 is 2.68 bits per heavy atom. The van der Waals surface area contributed by atoms with Crippen LogP contribution in [0.2, 0.25) is 0 Å². The van der Waals surface area contributed by atoms with Crippen LogP contribution in [-0.4, -0.2) is 19.7 Å². The van der Waals surface area contributed by atoms with Gasteiger partial charge in [-0.25, -0.2) is 13.2 Å². The summed E-state index contributed by atoms with van der Waals surface area (Å²) >= 11 is 0. The number of aromatic nitrogens is 1. The van der Waals surface area contributed by atoms with E-state index in [0.717, 1.165) is 6.26 Å². The normalized spacial score (nSPS) is 11.7. The van der Waals surface area contributed by atoms with Gasteiger partial charge in [0.05, 0.1) is 11.4 Å². The molecule has 0 bridgehead atoms. The van der Waals surface area contributed by atoms with Crippen LogP contribution >= 0.6 is 0 Å². The molecule has 19 heavy (non-hydrogen) atoms. The van der Waals surface area contributed by atoms with E-state index >= 15 is 0 Å². The van der Waals surface area contributed by atoms with E-state index in [-0.39, 0.29) is 11.3 Å². The highest BCUT2D eigenvalue weighted by Crippen LogP contribution is 2.24. The van der Waals surface area contributed by atoms with Crippen molar-refractivity contribution in [2.45, 2.75) is 12.7 Å². The molecule has 0 fully saturated rings. The smallest absolute Gasteiger partial charge is 0.408 e. The molecule has 0 aliphatic rings. The van der Waals surface area contributed by atoms with Crippen LogP contribution in [0.4, 0.5) is 0 Å². The summed E-state index contributed by atoms with van der Waals surface area (Å²) in [6.45, 7) is 5.49. The highest BCUT2D eigenvalue weighted by molar-refractivity contribution is 7.89. The molecule has 0 unspecified atom stereocenters. The van der Waals surface area contributed by atoms with Gasteiger partial charge in [0.25, 0.3) is 0 Å². The molecule has 6 heteroatoms. The average molecular weight is 279 g/mol. The Morgan fingerprint density at radius 1 is 1.42 bits per heavy atom. The maximum atomic E-state index is 11.5. The van der Waals surface area contributed by atoms with Crippen LogP contribution in [0.25, 0.3) is 16.5 Å². The summed E-state index contributed by atoms with van der Waals surface area (Å²) in [6.07, 6.45) is 1.13. The lowest BCUT2D eigenvalue weighted by molar-refractivity contribution is 0.527. The van der Waals surface area contributed by atoms with Gasteiger partial charge in [-0.15, -0.1) is 0 Å². The molecule has 0 amide bonds. The van der Waals surface area contributed by atoms with Crippen molar-refractivity contribution in [1.29, 1.82) is 0 Å². The van der Waals surface area contributed by atoms with Crippen molar-refractivity contribution in [3.8, 4) is 0 Å². The maximum absolute atomic E-state index is 11.5. The van der Waals surface area contributed by atoms with E-state index in [2.05, 4.69) is 11.6 Å². The summed E-state index contributed by atoms with van der Waals surface area (Å²) in [5.74, 6) is -0.945. The van der Waals surface area contributed by atoms with Gasteiger partial charge in [0, 0.05) is 17.2 Å². The van der Waals surface area contributed by atoms with Crippen LogP contribution in [0.5, 0.6) is 0 Å². The van der Waals surface area contributed by atoms with Crippen LogP contribution in [-0.2, 0) is 15.6 Å². The second-order valence-corrected chi connectivity index (χ2v) is 6.61. The van der Waals surface area contributed by atoms with Gasteiger partial charge in [0.1, 0.15) is 5.58 Å². The first-order valence-corrected chi connectivity index (χ1v) is 7.60. The maximum Gasteiger partial charge on any atom is 0.439 e. The molecule has 0 saturated heterocycles. The van der Waals surface area contributed by atoms with Crippen LogP contribution in [0.3, 0.4) is 0 Å². The minimum Gasteiger partial charge on any atom is -0.408 e. The van der Waals surface area contributed by atoms with E-state index in [9.17, 15) is 13.2 Å². The molecule has 2 aromatic rings. The van der Waals surface area contributed by atoms with Gasteiger partial charge in [0.15, 0.2) is 9.84 Å². The lowest BCUT2D eigenvalue weighted by Gasteiger charge is -2.07. The van der Waals surface area contributed by atoms with Crippen molar-refractivity contribution in [3.05, 3.63) is 46.6 Å². The second kappa shape index (κ2) is 4.62. The Bertz CT molecular complexity index is 818. The molecule has 1 aromatic carbocycles. The van der Waals surface area contributed by atoms with Crippen molar-refractivity contribution >= 4 is 26.4 Å². The molecule has 100 valence electrons. The molecule has 0 saturated carbocycles. The molecule has 2 rings (SSSR count). The third-order valence-electron chi connectivity index (χ3n) is 2.57. The Morgan fingerprint density at radius 2 is 2.11 bits per heavy atom. The number of allylic oxidation sites excluding steroid dienone is 1. The van der Waals surface area contributed by atoms with Crippen LogP contribution in [0.1, 0.15) is 18.2 Å². The van der Waals surface area contributed by atoms with Gasteiger partial charge in [0.2, 0.25) is 0 Å². The zero-order valence-electron chi connectivity index (χ0n) is 10.6. The zero-order chi connectivity index (χ0) is 14.2. The molecule has 0 aliphatic carbocycles. The third-order valence-corrected chi connectivity index (χ3v) is 3.40. The van der Waals surface area contributed by atoms with E-state index < -0.39 is 15.6 Å². The lowest BCUT2D eigenvalue weighted by Crippen LogP contribution is -2.09. The Kier molecular flexibility index (Phi) is 3.28. The molecule has 0 N–H and O–H groups in total. The van der Waals surface area contributed by atoms with E-state index in [4.69, 9.17) is 4.42 Å². The SMILES string of the molecule is C=C(C)c1nc(=O)oc2c(CS(C)(=O)=O)cccc12. The Labute approximate surface area is 110 Å². The van der Waals surface area contributed by atoms with Crippen LogP contribution < -0.4 is 5.76 Å². The lowest BCUT2D eigenvalue weighted by atomic mass is 10.1. The summed E-state index contributed by atoms with van der Waals surface area (Å²) in [7, 11) is -3.22. The van der Waals surface area contributed by atoms with Gasteiger partial charge in [-0.2, -0.15) is 4.98 Å². The standard InChI is InChI=1S/C13H13NO4S/c1-8(2)11-10-6-4-5-9(7-19(3,16)17)12(10)18-13(15)14-11/h4-6H,1,7H2,2-3H3. The van der Waals surface area contributed by atoms with Crippen molar-refractivity contribution in [3.63, 3.8) is 0 Å². The van der Waals surface area contributed by atoms with Crippen LogP contribution in [0.15, 0.2) is 34.0 Å². The monoisotopic (exact) mass is 279 g/mol. The first-order chi connectivity index (χ1) is 8.78. The number of para-hydroxylation sites is 1. The van der Waals surface area contributed by atoms with Gasteiger partial charge < -0.3 is 4.42 Å². The van der Waals surface area contributed by atoms with Crippen molar-refractivity contribution < 1.29 is 12.8 Å². The van der Waals surface area contributed by atoms with Gasteiger partial charge in [-0.1, -0.05) is 18.7 Å². The molecule has 1 aromatic heterocycles. The molecule has 5 nitrogen and oxygen atoms in total. The van der Waals surface area contributed by atoms with Gasteiger partial charge in [-0.3, -0.25) is 0 Å². The number of nitrogens with zero attached hydrogens (tertiary/aromatic N) is 1. The summed E-state index contributed by atoms with van der Waals surface area (Å²) in [5, 5.41) is 0.591. The minimum absolute atomic E-state index is 0.188. The van der Waals surface area contributed by atoms with Crippen LogP contribution in [0, 0.1) is 0 Å². The zero-order valence-corrected chi connectivity index (χ0v) is 11.5. The highest BCUT2D eigenvalue weighted by atomic mass is 32.2. The molecule has 0 spiro atoms. The van der Waals surface area contributed by atoms with E-state index in [1.807, 2.05) is 0 Å². The quantitative estimate of drug-likeness (QED) is 0.855. The number of sulfone groups is 1.